The summed E-state index contributed by atoms with van der Waals surface area (Å²) < 4.78 is 27.4. The molecule has 2 aromatic rings. The predicted molar refractivity (Wildman–Crippen MR) is 102 cm³/mol. The molecule has 6 nitrogen and oxygen atoms in total. The number of nitriles is 1. The van der Waals surface area contributed by atoms with Crippen LogP contribution in [0.15, 0.2) is 53.4 Å². The fourth-order valence-electron chi connectivity index (χ4n) is 3.24. The van der Waals surface area contributed by atoms with E-state index in [9.17, 15) is 13.2 Å². The van der Waals surface area contributed by atoms with Crippen molar-refractivity contribution in [2.45, 2.75) is 31.2 Å². The number of anilines is 1. The number of hydrogen-bond acceptors (Lipinski definition) is 4. The Hall–Kier alpha value is -2.69. The van der Waals surface area contributed by atoms with Crippen LogP contribution in [-0.2, 0) is 21.4 Å². The summed E-state index contributed by atoms with van der Waals surface area (Å²) in [6, 6.07) is 16.0. The van der Waals surface area contributed by atoms with Crippen molar-refractivity contribution >= 4 is 21.6 Å². The number of carbonyl (C=O) groups is 1. The summed E-state index contributed by atoms with van der Waals surface area (Å²) in [6.07, 6.45) is 1.33. The van der Waals surface area contributed by atoms with Crippen LogP contribution in [-0.4, -0.2) is 31.7 Å². The van der Waals surface area contributed by atoms with Gasteiger partial charge in [-0.3, -0.25) is 4.79 Å². The van der Waals surface area contributed by atoms with Gasteiger partial charge in [-0.1, -0.05) is 30.3 Å². The van der Waals surface area contributed by atoms with Crippen LogP contribution in [0.4, 0.5) is 5.69 Å². The summed E-state index contributed by atoms with van der Waals surface area (Å²) in [5.74, 6) is 0.0557. The highest BCUT2D eigenvalue weighted by molar-refractivity contribution is 7.89. The van der Waals surface area contributed by atoms with Crippen molar-refractivity contribution in [2.24, 2.45) is 0 Å². The molecule has 0 bridgehead atoms. The topological polar surface area (TPSA) is 81.5 Å². The van der Waals surface area contributed by atoms with Crippen LogP contribution in [0.25, 0.3) is 0 Å². The average molecular weight is 383 g/mol. The second-order valence-corrected chi connectivity index (χ2v) is 8.42. The van der Waals surface area contributed by atoms with Gasteiger partial charge in [-0.05, 0) is 42.7 Å². The molecule has 0 aliphatic carbocycles. The van der Waals surface area contributed by atoms with Crippen LogP contribution < -0.4 is 4.90 Å². The van der Waals surface area contributed by atoms with Crippen molar-refractivity contribution in [1.82, 2.24) is 4.31 Å². The number of carbonyl (C=O) groups excluding carboxylic acids is 1. The maximum absolute atomic E-state index is 13.1. The van der Waals surface area contributed by atoms with Crippen LogP contribution in [0.2, 0.25) is 0 Å². The van der Waals surface area contributed by atoms with Gasteiger partial charge in [0, 0.05) is 25.2 Å². The van der Waals surface area contributed by atoms with Gasteiger partial charge in [0.05, 0.1) is 11.0 Å². The zero-order chi connectivity index (χ0) is 19.4. The first-order valence-corrected chi connectivity index (χ1v) is 10.2. The van der Waals surface area contributed by atoms with E-state index in [1.807, 2.05) is 36.4 Å². The third-order valence-corrected chi connectivity index (χ3v) is 6.56. The minimum atomic E-state index is -3.84. The molecule has 7 heteroatoms. The van der Waals surface area contributed by atoms with Gasteiger partial charge < -0.3 is 4.90 Å². The summed E-state index contributed by atoms with van der Waals surface area (Å²) in [7, 11) is -3.84. The van der Waals surface area contributed by atoms with Gasteiger partial charge in [0.15, 0.2) is 0 Å². The molecule has 1 saturated heterocycles. The molecule has 0 saturated carbocycles. The largest absolute Gasteiger partial charge is 0.312 e. The van der Waals surface area contributed by atoms with Gasteiger partial charge in [0.1, 0.15) is 6.54 Å². The third kappa shape index (κ3) is 4.02. The van der Waals surface area contributed by atoms with Crippen molar-refractivity contribution in [2.75, 3.05) is 18.0 Å². The van der Waals surface area contributed by atoms with E-state index in [4.69, 9.17) is 5.26 Å². The van der Waals surface area contributed by atoms with Gasteiger partial charge in [0.2, 0.25) is 15.9 Å². The number of sulfonamides is 1. The Balaban J connectivity index is 1.92. The van der Waals surface area contributed by atoms with Gasteiger partial charge in [-0.2, -0.15) is 9.57 Å². The van der Waals surface area contributed by atoms with Crippen LogP contribution in [0, 0.1) is 18.3 Å². The Bertz CT molecular complexity index is 981. The first kappa shape index (κ1) is 19.1. The quantitative estimate of drug-likeness (QED) is 0.718. The first-order valence-electron chi connectivity index (χ1n) is 8.75. The highest BCUT2D eigenvalue weighted by Gasteiger charge is 2.28. The van der Waals surface area contributed by atoms with Crippen molar-refractivity contribution in [3.63, 3.8) is 0 Å². The Labute approximate surface area is 159 Å². The summed E-state index contributed by atoms with van der Waals surface area (Å²) in [5, 5.41) is 9.11. The van der Waals surface area contributed by atoms with Gasteiger partial charge >= 0.3 is 0 Å². The average Bonchev–Trinajstić information content (AvgIpc) is 3.08. The lowest BCUT2D eigenvalue weighted by atomic mass is 10.2. The number of amides is 1. The molecule has 0 N–H and O–H groups in total. The van der Waals surface area contributed by atoms with E-state index in [1.54, 1.807) is 24.0 Å². The monoisotopic (exact) mass is 383 g/mol. The Morgan fingerprint density at radius 1 is 1.19 bits per heavy atom. The molecule has 2 aromatic carbocycles. The summed E-state index contributed by atoms with van der Waals surface area (Å²) in [5.41, 5.74) is 2.08. The molecule has 1 fully saturated rings. The lowest BCUT2D eigenvalue weighted by molar-refractivity contribution is -0.117. The molecular formula is C20H21N3O3S. The Kier molecular flexibility index (Phi) is 5.59. The predicted octanol–water partition coefficient (Wildman–Crippen LogP) is 2.84. The van der Waals surface area contributed by atoms with E-state index in [1.165, 1.54) is 10.4 Å². The molecule has 140 valence electrons. The van der Waals surface area contributed by atoms with Crippen molar-refractivity contribution < 1.29 is 13.2 Å². The Morgan fingerprint density at radius 2 is 1.93 bits per heavy atom. The number of benzene rings is 2. The SMILES string of the molecule is Cc1cc(N2CCCC2=O)ccc1S(=O)(=O)N(CC#N)Cc1ccccc1. The van der Waals surface area contributed by atoms with Crippen LogP contribution in [0.5, 0.6) is 0 Å². The van der Waals surface area contributed by atoms with E-state index >= 15 is 0 Å². The highest BCUT2D eigenvalue weighted by atomic mass is 32.2. The molecule has 0 atom stereocenters. The van der Waals surface area contributed by atoms with Gasteiger partial charge in [-0.25, -0.2) is 8.42 Å². The zero-order valence-corrected chi connectivity index (χ0v) is 15.9. The molecule has 0 radical (unpaired) electrons. The first-order chi connectivity index (χ1) is 12.9. The molecule has 1 heterocycles. The summed E-state index contributed by atoms with van der Waals surface area (Å²) in [6.45, 7) is 2.26. The lowest BCUT2D eigenvalue weighted by Crippen LogP contribution is -2.31. The minimum Gasteiger partial charge on any atom is -0.312 e. The van der Waals surface area contributed by atoms with E-state index in [0.29, 0.717) is 24.2 Å². The smallest absolute Gasteiger partial charge is 0.244 e. The lowest BCUT2D eigenvalue weighted by Gasteiger charge is -2.22. The van der Waals surface area contributed by atoms with E-state index < -0.39 is 10.0 Å². The van der Waals surface area contributed by atoms with Crippen molar-refractivity contribution in [1.29, 1.82) is 5.26 Å². The highest BCUT2D eigenvalue weighted by Crippen LogP contribution is 2.28. The minimum absolute atomic E-state index is 0.0557. The normalized spacial score (nSPS) is 14.6. The molecule has 0 spiro atoms. The molecule has 0 unspecified atom stereocenters. The van der Waals surface area contributed by atoms with Gasteiger partial charge in [0.25, 0.3) is 0 Å². The summed E-state index contributed by atoms with van der Waals surface area (Å²) in [4.78, 5) is 13.8. The fourth-order valence-corrected chi connectivity index (χ4v) is 4.77. The Morgan fingerprint density at radius 3 is 2.52 bits per heavy atom. The zero-order valence-electron chi connectivity index (χ0n) is 15.1. The third-order valence-electron chi connectivity index (χ3n) is 4.61. The molecular weight excluding hydrogens is 362 g/mol. The maximum atomic E-state index is 13.1. The van der Waals surface area contributed by atoms with E-state index in [2.05, 4.69) is 0 Å². The maximum Gasteiger partial charge on any atom is 0.244 e. The summed E-state index contributed by atoms with van der Waals surface area (Å²) >= 11 is 0. The van der Waals surface area contributed by atoms with E-state index in [-0.39, 0.29) is 23.9 Å². The number of aryl methyl sites for hydroxylation is 1. The van der Waals surface area contributed by atoms with Gasteiger partial charge in [-0.15, -0.1) is 0 Å². The van der Waals surface area contributed by atoms with Crippen LogP contribution >= 0.6 is 0 Å². The molecule has 1 aliphatic heterocycles. The molecule has 0 aromatic heterocycles. The second-order valence-electron chi connectivity index (χ2n) is 6.52. The van der Waals surface area contributed by atoms with Crippen molar-refractivity contribution in [3.8, 4) is 6.07 Å². The van der Waals surface area contributed by atoms with Crippen molar-refractivity contribution in [3.05, 3.63) is 59.7 Å². The second kappa shape index (κ2) is 7.91. The van der Waals surface area contributed by atoms with Crippen LogP contribution in [0.1, 0.15) is 24.0 Å². The number of nitrogens with zero attached hydrogens (tertiary/aromatic N) is 3. The standard InChI is InChI=1S/C20H21N3O3S/c1-16-14-18(23-12-5-8-20(23)24)9-10-19(16)27(25,26)22(13-11-21)15-17-6-3-2-4-7-17/h2-4,6-7,9-10,14H,5,8,12-13,15H2,1H3. The molecule has 27 heavy (non-hydrogen) atoms. The number of rotatable bonds is 6. The molecule has 3 rings (SSSR count). The molecule has 1 aliphatic rings. The van der Waals surface area contributed by atoms with E-state index in [0.717, 1.165) is 12.0 Å². The van der Waals surface area contributed by atoms with Crippen LogP contribution in [0.3, 0.4) is 0 Å². The molecule has 1 amide bonds. The number of hydrogen-bond donors (Lipinski definition) is 0. The fraction of sp³-hybridized carbons (Fsp3) is 0.300.